The smallest absolute Gasteiger partial charge is 0.253 e. The summed E-state index contributed by atoms with van der Waals surface area (Å²) in [7, 11) is 0. The minimum absolute atomic E-state index is 0.0539. The van der Waals surface area contributed by atoms with Gasteiger partial charge in [0.1, 0.15) is 5.82 Å². The predicted octanol–water partition coefficient (Wildman–Crippen LogP) is 1.39. The number of aryl methyl sites for hydroxylation is 1. The van der Waals surface area contributed by atoms with E-state index in [4.69, 9.17) is 0 Å². The van der Waals surface area contributed by atoms with Crippen LogP contribution in [-0.4, -0.2) is 61.3 Å². The summed E-state index contributed by atoms with van der Waals surface area (Å²) >= 11 is 1.41. The van der Waals surface area contributed by atoms with E-state index in [1.807, 2.05) is 36.1 Å². The van der Waals surface area contributed by atoms with Gasteiger partial charge in [-0.25, -0.2) is 9.67 Å². The molecule has 1 amide bonds. The second-order valence-electron chi connectivity index (χ2n) is 5.80. The van der Waals surface area contributed by atoms with Gasteiger partial charge in [-0.1, -0.05) is 5.21 Å². The van der Waals surface area contributed by atoms with Crippen molar-refractivity contribution in [3.63, 3.8) is 0 Å². The molecule has 0 spiro atoms. The van der Waals surface area contributed by atoms with Crippen molar-refractivity contribution in [3.8, 4) is 5.69 Å². The molecule has 25 heavy (non-hydrogen) atoms. The molecule has 0 saturated carbocycles. The van der Waals surface area contributed by atoms with Crippen LogP contribution in [0, 0.1) is 6.92 Å². The number of benzene rings is 1. The van der Waals surface area contributed by atoms with Crippen LogP contribution in [0.15, 0.2) is 36.7 Å². The Kier molecular flexibility index (Phi) is 4.14. The molecule has 0 atom stereocenters. The van der Waals surface area contributed by atoms with E-state index >= 15 is 0 Å². The molecule has 8 nitrogen and oxygen atoms in total. The number of carbonyl (C=O) groups excluding carboxylic acids is 1. The molecule has 3 aromatic rings. The molecule has 3 heterocycles. The highest BCUT2D eigenvalue weighted by atomic mass is 32.1. The highest BCUT2D eigenvalue weighted by molar-refractivity contribution is 7.09. The van der Waals surface area contributed by atoms with Gasteiger partial charge in [-0.05, 0) is 31.2 Å². The Labute approximate surface area is 148 Å². The minimum atomic E-state index is 0.0539. The molecule has 0 bridgehead atoms. The van der Waals surface area contributed by atoms with Gasteiger partial charge < -0.3 is 9.80 Å². The molecule has 128 valence electrons. The fourth-order valence-electron chi connectivity index (χ4n) is 2.80. The first-order chi connectivity index (χ1) is 12.2. The molecule has 1 saturated heterocycles. The van der Waals surface area contributed by atoms with Gasteiger partial charge in [0, 0.05) is 43.3 Å². The van der Waals surface area contributed by atoms with Gasteiger partial charge in [-0.15, -0.1) is 5.10 Å². The van der Waals surface area contributed by atoms with Crippen LogP contribution < -0.4 is 4.90 Å². The van der Waals surface area contributed by atoms with Crippen LogP contribution in [0.2, 0.25) is 0 Å². The number of hydrogen-bond donors (Lipinski definition) is 0. The van der Waals surface area contributed by atoms with E-state index in [2.05, 4.69) is 24.6 Å². The van der Waals surface area contributed by atoms with Crippen molar-refractivity contribution in [3.05, 3.63) is 48.0 Å². The molecule has 0 N–H and O–H groups in total. The molecule has 0 radical (unpaired) electrons. The van der Waals surface area contributed by atoms with Crippen molar-refractivity contribution in [2.45, 2.75) is 6.92 Å². The zero-order valence-electron chi connectivity index (χ0n) is 13.7. The number of anilines is 1. The van der Waals surface area contributed by atoms with Crippen LogP contribution >= 0.6 is 11.5 Å². The van der Waals surface area contributed by atoms with Gasteiger partial charge in [-0.2, -0.15) is 4.37 Å². The molecule has 1 aliphatic rings. The molecule has 1 aromatic carbocycles. The fourth-order valence-corrected chi connectivity index (χ4v) is 3.53. The molecular weight excluding hydrogens is 338 g/mol. The molecule has 2 aromatic heterocycles. The van der Waals surface area contributed by atoms with E-state index in [9.17, 15) is 4.79 Å². The van der Waals surface area contributed by atoms with Crippen molar-refractivity contribution in [2.24, 2.45) is 0 Å². The summed E-state index contributed by atoms with van der Waals surface area (Å²) < 4.78 is 5.88. The van der Waals surface area contributed by atoms with Gasteiger partial charge in [0.2, 0.25) is 5.13 Å². The number of hydrogen-bond acceptors (Lipinski definition) is 7. The van der Waals surface area contributed by atoms with Gasteiger partial charge in [0.25, 0.3) is 5.91 Å². The van der Waals surface area contributed by atoms with Crippen LogP contribution in [-0.2, 0) is 0 Å². The van der Waals surface area contributed by atoms with Crippen LogP contribution in [0.3, 0.4) is 0 Å². The fraction of sp³-hybridized carbons (Fsp3) is 0.312. The van der Waals surface area contributed by atoms with Crippen molar-refractivity contribution in [1.29, 1.82) is 0 Å². The maximum atomic E-state index is 12.7. The predicted molar refractivity (Wildman–Crippen MR) is 94.1 cm³/mol. The number of amides is 1. The number of aromatic nitrogens is 5. The average Bonchev–Trinajstić information content (AvgIpc) is 3.33. The Morgan fingerprint density at radius 3 is 2.48 bits per heavy atom. The normalized spacial score (nSPS) is 14.8. The number of carbonyl (C=O) groups is 1. The Morgan fingerprint density at radius 2 is 1.88 bits per heavy atom. The second kappa shape index (κ2) is 6.60. The van der Waals surface area contributed by atoms with Crippen LogP contribution in [0.25, 0.3) is 5.69 Å². The first kappa shape index (κ1) is 15.7. The van der Waals surface area contributed by atoms with E-state index in [1.54, 1.807) is 17.1 Å². The topological polar surface area (TPSA) is 80.0 Å². The Morgan fingerprint density at radius 1 is 1.12 bits per heavy atom. The average molecular weight is 355 g/mol. The third kappa shape index (κ3) is 3.22. The molecule has 1 fully saturated rings. The van der Waals surface area contributed by atoms with Crippen LogP contribution in [0.1, 0.15) is 16.2 Å². The number of piperazine rings is 1. The first-order valence-corrected chi connectivity index (χ1v) is 8.79. The summed E-state index contributed by atoms with van der Waals surface area (Å²) in [5.74, 6) is 0.851. The SMILES string of the molecule is Cc1nsc(N2CCN(C(=O)c3ccc(-n4ccnn4)cc3)CC2)n1. The number of rotatable bonds is 3. The lowest BCUT2D eigenvalue weighted by molar-refractivity contribution is 0.0747. The van der Waals surface area contributed by atoms with E-state index < -0.39 is 0 Å². The molecule has 0 unspecified atom stereocenters. The zero-order valence-corrected chi connectivity index (χ0v) is 14.6. The largest absolute Gasteiger partial charge is 0.343 e. The lowest BCUT2D eigenvalue weighted by atomic mass is 10.1. The van der Waals surface area contributed by atoms with Crippen molar-refractivity contribution in [1.82, 2.24) is 29.3 Å². The summed E-state index contributed by atoms with van der Waals surface area (Å²) in [5, 5.41) is 8.67. The first-order valence-electron chi connectivity index (χ1n) is 8.02. The van der Waals surface area contributed by atoms with Gasteiger partial charge in [0.05, 0.1) is 18.1 Å². The van der Waals surface area contributed by atoms with E-state index in [0.717, 1.165) is 29.7 Å². The van der Waals surface area contributed by atoms with Crippen molar-refractivity contribution >= 4 is 22.6 Å². The summed E-state index contributed by atoms with van der Waals surface area (Å²) in [4.78, 5) is 21.2. The summed E-state index contributed by atoms with van der Waals surface area (Å²) in [6.45, 7) is 4.81. The highest BCUT2D eigenvalue weighted by Crippen LogP contribution is 2.19. The Bertz CT molecular complexity index is 851. The van der Waals surface area contributed by atoms with Crippen molar-refractivity contribution in [2.75, 3.05) is 31.1 Å². The molecule has 9 heteroatoms. The second-order valence-corrected chi connectivity index (χ2v) is 6.53. The van der Waals surface area contributed by atoms with Crippen LogP contribution in [0.4, 0.5) is 5.13 Å². The maximum absolute atomic E-state index is 12.7. The van der Waals surface area contributed by atoms with Gasteiger partial charge in [-0.3, -0.25) is 4.79 Å². The quantitative estimate of drug-likeness (QED) is 0.706. The van der Waals surface area contributed by atoms with Crippen LogP contribution in [0.5, 0.6) is 0 Å². The standard InChI is InChI=1S/C16H17N7OS/c1-12-18-16(25-19-12)22-10-8-21(9-11-22)15(24)13-2-4-14(5-3-13)23-7-6-17-20-23/h2-7H,8-11H2,1H3. The lowest BCUT2D eigenvalue weighted by Crippen LogP contribution is -2.48. The Hall–Kier alpha value is -2.81. The third-order valence-corrected chi connectivity index (χ3v) is 5.02. The molecule has 4 rings (SSSR count). The van der Waals surface area contributed by atoms with E-state index in [1.165, 1.54) is 11.5 Å². The molecule has 1 aliphatic heterocycles. The molecular formula is C16H17N7OS. The maximum Gasteiger partial charge on any atom is 0.253 e. The monoisotopic (exact) mass is 355 g/mol. The summed E-state index contributed by atoms with van der Waals surface area (Å²) in [6.07, 6.45) is 3.39. The lowest BCUT2D eigenvalue weighted by Gasteiger charge is -2.34. The molecule has 0 aliphatic carbocycles. The third-order valence-electron chi connectivity index (χ3n) is 4.16. The summed E-state index contributed by atoms with van der Waals surface area (Å²) in [5.41, 5.74) is 1.56. The van der Waals surface area contributed by atoms with Gasteiger partial charge in [0.15, 0.2) is 0 Å². The van der Waals surface area contributed by atoms with Crippen molar-refractivity contribution < 1.29 is 4.79 Å². The number of nitrogens with zero attached hydrogens (tertiary/aromatic N) is 7. The zero-order chi connectivity index (χ0) is 17.2. The highest BCUT2D eigenvalue weighted by Gasteiger charge is 2.23. The van der Waals surface area contributed by atoms with E-state index in [0.29, 0.717) is 18.7 Å². The Balaban J connectivity index is 1.40. The summed E-state index contributed by atoms with van der Waals surface area (Å²) in [6, 6.07) is 7.42. The minimum Gasteiger partial charge on any atom is -0.343 e. The van der Waals surface area contributed by atoms with E-state index in [-0.39, 0.29) is 5.91 Å². The van der Waals surface area contributed by atoms with Gasteiger partial charge >= 0.3 is 0 Å².